The topological polar surface area (TPSA) is 76.9 Å². The zero-order valence-corrected chi connectivity index (χ0v) is 15.7. The molecule has 134 valence electrons. The third kappa shape index (κ3) is 3.62. The summed E-state index contributed by atoms with van der Waals surface area (Å²) in [4.78, 5) is 34.0. The van der Waals surface area contributed by atoms with E-state index in [4.69, 9.17) is 0 Å². The standard InChI is InChI=1S/C19H20N4O2S/c1-4-15(17(24)22-16-12(2)8-7-11-20-16)26-19-21-14-10-6-5-9-13(14)18(25)23(19)3/h5-11,15H,4H2,1-3H3,(H,20,22,24). The molecular weight excluding hydrogens is 348 g/mol. The lowest BCUT2D eigenvalue weighted by Gasteiger charge is -2.16. The Balaban J connectivity index is 1.87. The van der Waals surface area contributed by atoms with Crippen LogP contribution < -0.4 is 10.9 Å². The van der Waals surface area contributed by atoms with Crippen LogP contribution in [0.25, 0.3) is 10.9 Å². The van der Waals surface area contributed by atoms with Crippen LogP contribution in [-0.2, 0) is 11.8 Å². The fraction of sp³-hybridized carbons (Fsp3) is 0.263. The van der Waals surface area contributed by atoms with Crippen LogP contribution in [0.2, 0.25) is 0 Å². The summed E-state index contributed by atoms with van der Waals surface area (Å²) in [5.74, 6) is 0.401. The summed E-state index contributed by atoms with van der Waals surface area (Å²) in [6, 6.07) is 10.9. The average molecular weight is 368 g/mol. The van der Waals surface area contributed by atoms with E-state index in [1.165, 1.54) is 16.3 Å². The van der Waals surface area contributed by atoms with Crippen LogP contribution in [0.5, 0.6) is 0 Å². The van der Waals surface area contributed by atoms with Crippen molar-refractivity contribution < 1.29 is 4.79 Å². The number of rotatable bonds is 5. The predicted octanol–water partition coefficient (Wildman–Crippen LogP) is 3.15. The molecular formula is C19H20N4O2S. The molecule has 0 fully saturated rings. The van der Waals surface area contributed by atoms with Crippen LogP contribution >= 0.6 is 11.8 Å². The highest BCUT2D eigenvalue weighted by Gasteiger charge is 2.22. The van der Waals surface area contributed by atoms with Crippen molar-refractivity contribution >= 4 is 34.4 Å². The lowest BCUT2D eigenvalue weighted by molar-refractivity contribution is -0.115. The molecule has 0 aliphatic heterocycles. The Hall–Kier alpha value is -2.67. The normalized spacial score (nSPS) is 12.1. The number of thioether (sulfide) groups is 1. The van der Waals surface area contributed by atoms with Gasteiger partial charge in [0.25, 0.3) is 5.56 Å². The first kappa shape index (κ1) is 18.1. The van der Waals surface area contributed by atoms with Gasteiger partial charge in [0.2, 0.25) is 5.91 Å². The van der Waals surface area contributed by atoms with Crippen molar-refractivity contribution in [2.24, 2.45) is 7.05 Å². The minimum Gasteiger partial charge on any atom is -0.310 e. The van der Waals surface area contributed by atoms with Gasteiger partial charge >= 0.3 is 0 Å². The lowest BCUT2D eigenvalue weighted by atomic mass is 10.2. The minimum atomic E-state index is -0.379. The third-order valence-electron chi connectivity index (χ3n) is 4.10. The van der Waals surface area contributed by atoms with E-state index in [0.717, 1.165) is 5.56 Å². The van der Waals surface area contributed by atoms with Gasteiger partial charge in [-0.15, -0.1) is 0 Å². The predicted molar refractivity (Wildman–Crippen MR) is 105 cm³/mol. The van der Waals surface area contributed by atoms with Crippen LogP contribution in [0.15, 0.2) is 52.5 Å². The molecule has 0 aliphatic carbocycles. The van der Waals surface area contributed by atoms with E-state index in [2.05, 4.69) is 15.3 Å². The summed E-state index contributed by atoms with van der Waals surface area (Å²) in [6.07, 6.45) is 2.25. The number of anilines is 1. The van der Waals surface area contributed by atoms with Crippen molar-refractivity contribution in [2.75, 3.05) is 5.32 Å². The summed E-state index contributed by atoms with van der Waals surface area (Å²) in [7, 11) is 1.68. The molecule has 1 unspecified atom stereocenters. The van der Waals surface area contributed by atoms with Gasteiger partial charge in [0.05, 0.1) is 16.2 Å². The van der Waals surface area contributed by atoms with Gasteiger partial charge in [0, 0.05) is 13.2 Å². The second-order valence-electron chi connectivity index (χ2n) is 5.95. The molecule has 2 heterocycles. The molecule has 3 rings (SSSR count). The van der Waals surface area contributed by atoms with Crippen molar-refractivity contribution in [3.63, 3.8) is 0 Å². The number of para-hydroxylation sites is 1. The van der Waals surface area contributed by atoms with E-state index < -0.39 is 0 Å². The number of fused-ring (bicyclic) bond motifs is 1. The smallest absolute Gasteiger partial charge is 0.261 e. The zero-order valence-electron chi connectivity index (χ0n) is 14.9. The Morgan fingerprint density at radius 1 is 1.27 bits per heavy atom. The first-order valence-corrected chi connectivity index (χ1v) is 9.24. The summed E-state index contributed by atoms with van der Waals surface area (Å²) >= 11 is 1.29. The first-order chi connectivity index (χ1) is 12.5. The van der Waals surface area contributed by atoms with E-state index in [0.29, 0.717) is 28.3 Å². The highest BCUT2D eigenvalue weighted by molar-refractivity contribution is 8.00. The molecule has 3 aromatic rings. The van der Waals surface area contributed by atoms with E-state index in [1.807, 2.05) is 38.1 Å². The number of benzene rings is 1. The number of nitrogens with one attached hydrogen (secondary N) is 1. The molecule has 1 aromatic carbocycles. The second kappa shape index (κ2) is 7.70. The van der Waals surface area contributed by atoms with Crippen molar-refractivity contribution in [3.8, 4) is 0 Å². The van der Waals surface area contributed by atoms with Crippen molar-refractivity contribution in [1.29, 1.82) is 0 Å². The van der Waals surface area contributed by atoms with Gasteiger partial charge in [-0.05, 0) is 37.1 Å². The van der Waals surface area contributed by atoms with Crippen molar-refractivity contribution in [3.05, 3.63) is 58.5 Å². The van der Waals surface area contributed by atoms with Gasteiger partial charge in [-0.25, -0.2) is 9.97 Å². The summed E-state index contributed by atoms with van der Waals surface area (Å²) < 4.78 is 1.49. The van der Waals surface area contributed by atoms with E-state index >= 15 is 0 Å². The Bertz CT molecular complexity index is 1020. The van der Waals surface area contributed by atoms with Gasteiger partial charge in [-0.1, -0.05) is 36.9 Å². The molecule has 0 bridgehead atoms. The van der Waals surface area contributed by atoms with Gasteiger partial charge in [0.1, 0.15) is 5.82 Å². The Morgan fingerprint density at radius 3 is 2.77 bits per heavy atom. The van der Waals surface area contributed by atoms with Crippen molar-refractivity contribution in [2.45, 2.75) is 30.7 Å². The Morgan fingerprint density at radius 2 is 2.04 bits per heavy atom. The van der Waals surface area contributed by atoms with E-state index in [9.17, 15) is 9.59 Å². The molecule has 0 saturated carbocycles. The second-order valence-corrected chi connectivity index (χ2v) is 7.12. The highest BCUT2D eigenvalue weighted by atomic mass is 32.2. The van der Waals surface area contributed by atoms with E-state index in [-0.39, 0.29) is 16.7 Å². The highest BCUT2D eigenvalue weighted by Crippen LogP contribution is 2.25. The molecule has 0 radical (unpaired) electrons. The number of amides is 1. The van der Waals surface area contributed by atoms with Crippen LogP contribution in [-0.4, -0.2) is 25.7 Å². The monoisotopic (exact) mass is 368 g/mol. The summed E-state index contributed by atoms with van der Waals surface area (Å²) in [5.41, 5.74) is 1.42. The van der Waals surface area contributed by atoms with E-state index in [1.54, 1.807) is 25.4 Å². The number of hydrogen-bond donors (Lipinski definition) is 1. The molecule has 1 amide bonds. The van der Waals surface area contributed by atoms with Crippen LogP contribution in [0.4, 0.5) is 5.82 Å². The maximum absolute atomic E-state index is 12.7. The molecule has 0 spiro atoms. The average Bonchev–Trinajstić information content (AvgIpc) is 2.65. The van der Waals surface area contributed by atoms with Gasteiger partial charge < -0.3 is 5.32 Å². The molecule has 1 atom stereocenters. The molecule has 7 heteroatoms. The Labute approximate surface area is 155 Å². The SMILES string of the molecule is CCC(Sc1nc2ccccc2c(=O)n1C)C(=O)Nc1ncccc1C. The number of nitrogens with zero attached hydrogens (tertiary/aromatic N) is 3. The van der Waals surface area contributed by atoms with Gasteiger partial charge in [-0.2, -0.15) is 0 Å². The number of hydrogen-bond acceptors (Lipinski definition) is 5. The molecule has 0 saturated heterocycles. The van der Waals surface area contributed by atoms with Crippen LogP contribution in [0.3, 0.4) is 0 Å². The summed E-state index contributed by atoms with van der Waals surface area (Å²) in [5, 5.41) is 3.58. The van der Waals surface area contributed by atoms with Gasteiger partial charge in [0.15, 0.2) is 5.16 Å². The lowest BCUT2D eigenvalue weighted by Crippen LogP contribution is -2.27. The zero-order chi connectivity index (χ0) is 18.7. The Kier molecular flexibility index (Phi) is 5.37. The van der Waals surface area contributed by atoms with Gasteiger partial charge in [-0.3, -0.25) is 14.2 Å². The fourth-order valence-corrected chi connectivity index (χ4v) is 3.55. The minimum absolute atomic E-state index is 0.117. The fourth-order valence-electron chi connectivity index (χ4n) is 2.57. The molecule has 0 aliphatic rings. The number of carbonyl (C=O) groups is 1. The molecule has 26 heavy (non-hydrogen) atoms. The quantitative estimate of drug-likeness (QED) is 0.553. The maximum Gasteiger partial charge on any atom is 0.261 e. The summed E-state index contributed by atoms with van der Waals surface area (Å²) in [6.45, 7) is 3.83. The molecule has 2 aromatic heterocycles. The van der Waals surface area contributed by atoms with Crippen LogP contribution in [0.1, 0.15) is 18.9 Å². The molecule has 6 nitrogen and oxygen atoms in total. The van der Waals surface area contributed by atoms with Crippen molar-refractivity contribution in [1.82, 2.24) is 14.5 Å². The largest absolute Gasteiger partial charge is 0.310 e. The molecule has 1 N–H and O–H groups in total. The maximum atomic E-state index is 12.7. The van der Waals surface area contributed by atoms with Crippen LogP contribution in [0, 0.1) is 6.92 Å². The number of aromatic nitrogens is 3. The number of carbonyl (C=O) groups excluding carboxylic acids is 1. The first-order valence-electron chi connectivity index (χ1n) is 8.36. The number of aryl methyl sites for hydroxylation is 1. The number of pyridine rings is 1. The third-order valence-corrected chi connectivity index (χ3v) is 5.51.